The predicted molar refractivity (Wildman–Crippen MR) is 75.3 cm³/mol. The van der Waals surface area contributed by atoms with Crippen LogP contribution in [0.3, 0.4) is 0 Å². The molecule has 0 amide bonds. The highest BCUT2D eigenvalue weighted by Crippen LogP contribution is 2.22. The molecule has 0 aliphatic rings. The van der Waals surface area contributed by atoms with Crippen LogP contribution in [-0.2, 0) is 13.0 Å². The lowest BCUT2D eigenvalue weighted by atomic mass is 10.3. The minimum absolute atomic E-state index is 0.590. The number of aryl methyl sites for hydroxylation is 1. The molecule has 3 nitrogen and oxygen atoms in total. The number of hydrogen-bond donors (Lipinski definition) is 0. The molecule has 0 aliphatic carbocycles. The van der Waals surface area contributed by atoms with Crippen LogP contribution in [0, 0.1) is 0 Å². The number of nitrogens with zero attached hydrogens (tertiary/aromatic N) is 3. The molecular formula is C13H12ClN3S. The molecule has 3 aromatic rings. The molecule has 0 fully saturated rings. The second kappa shape index (κ2) is 4.71. The van der Waals surface area contributed by atoms with Crippen molar-refractivity contribution in [2.24, 2.45) is 0 Å². The van der Waals surface area contributed by atoms with Crippen LogP contribution in [-0.4, -0.2) is 14.5 Å². The van der Waals surface area contributed by atoms with E-state index in [1.54, 1.807) is 0 Å². The molecule has 0 saturated carbocycles. The summed E-state index contributed by atoms with van der Waals surface area (Å²) in [6.45, 7) is 2.91. The van der Waals surface area contributed by atoms with Crippen LogP contribution in [0.4, 0.5) is 0 Å². The van der Waals surface area contributed by atoms with E-state index >= 15 is 0 Å². The van der Waals surface area contributed by atoms with Crippen molar-refractivity contribution >= 4 is 34.0 Å². The number of halogens is 1. The number of benzene rings is 1. The molecule has 0 spiro atoms. The zero-order valence-electron chi connectivity index (χ0n) is 9.93. The number of hydrogen-bond acceptors (Lipinski definition) is 3. The van der Waals surface area contributed by atoms with Crippen molar-refractivity contribution < 1.29 is 0 Å². The summed E-state index contributed by atoms with van der Waals surface area (Å²) in [6, 6.07) is 8.21. The first-order chi connectivity index (χ1) is 8.78. The SMILES string of the molecule is CCc1nc2ccccc2n1Cc1cnc(Cl)s1. The minimum Gasteiger partial charge on any atom is -0.323 e. The molecule has 92 valence electrons. The first-order valence-electron chi connectivity index (χ1n) is 5.82. The van der Waals surface area contributed by atoms with Gasteiger partial charge in [-0.1, -0.05) is 30.7 Å². The molecule has 3 rings (SSSR count). The van der Waals surface area contributed by atoms with Gasteiger partial charge in [0.1, 0.15) is 5.82 Å². The summed E-state index contributed by atoms with van der Waals surface area (Å²) in [5.41, 5.74) is 2.21. The average Bonchev–Trinajstić information content (AvgIpc) is 2.94. The van der Waals surface area contributed by atoms with Crippen LogP contribution in [0.2, 0.25) is 4.47 Å². The molecule has 2 heterocycles. The third-order valence-corrected chi connectivity index (χ3v) is 3.99. The number of imidazole rings is 1. The van der Waals surface area contributed by atoms with Gasteiger partial charge < -0.3 is 4.57 Å². The largest absolute Gasteiger partial charge is 0.323 e. The van der Waals surface area contributed by atoms with Crippen LogP contribution in [0.5, 0.6) is 0 Å². The first kappa shape index (κ1) is 11.7. The Morgan fingerprint density at radius 3 is 2.89 bits per heavy atom. The van der Waals surface area contributed by atoms with Crippen LogP contribution >= 0.6 is 22.9 Å². The van der Waals surface area contributed by atoms with E-state index in [1.807, 2.05) is 24.4 Å². The van der Waals surface area contributed by atoms with E-state index in [4.69, 9.17) is 11.6 Å². The van der Waals surface area contributed by atoms with Crippen molar-refractivity contribution in [3.8, 4) is 0 Å². The molecule has 5 heteroatoms. The maximum Gasteiger partial charge on any atom is 0.183 e. The van der Waals surface area contributed by atoms with Gasteiger partial charge in [-0.05, 0) is 12.1 Å². The van der Waals surface area contributed by atoms with Gasteiger partial charge in [0.15, 0.2) is 4.47 Å². The fourth-order valence-electron chi connectivity index (χ4n) is 2.08. The lowest BCUT2D eigenvalue weighted by Crippen LogP contribution is -2.02. The molecule has 0 atom stereocenters. The summed E-state index contributed by atoms with van der Waals surface area (Å²) >= 11 is 7.39. The van der Waals surface area contributed by atoms with Crippen LogP contribution in [0.25, 0.3) is 11.0 Å². The Balaban J connectivity index is 2.09. The molecule has 0 saturated heterocycles. The number of rotatable bonds is 3. The first-order valence-corrected chi connectivity index (χ1v) is 7.01. The molecule has 0 N–H and O–H groups in total. The van der Waals surface area contributed by atoms with E-state index in [-0.39, 0.29) is 0 Å². The maximum absolute atomic E-state index is 5.87. The van der Waals surface area contributed by atoms with Gasteiger partial charge >= 0.3 is 0 Å². The topological polar surface area (TPSA) is 30.7 Å². The van der Waals surface area contributed by atoms with Crippen molar-refractivity contribution in [3.05, 3.63) is 45.6 Å². The predicted octanol–water partition coefficient (Wildman–Crippen LogP) is 3.76. The zero-order chi connectivity index (χ0) is 12.5. The number of aromatic nitrogens is 3. The zero-order valence-corrected chi connectivity index (χ0v) is 11.5. The summed E-state index contributed by atoms with van der Waals surface area (Å²) in [5.74, 6) is 1.10. The summed E-state index contributed by atoms with van der Waals surface area (Å²) in [6.07, 6.45) is 2.75. The van der Waals surface area contributed by atoms with Gasteiger partial charge in [0.05, 0.1) is 17.6 Å². The van der Waals surface area contributed by atoms with Crippen molar-refractivity contribution in [1.82, 2.24) is 14.5 Å². The third-order valence-electron chi connectivity index (χ3n) is 2.89. The van der Waals surface area contributed by atoms with E-state index in [1.165, 1.54) is 16.9 Å². The highest BCUT2D eigenvalue weighted by atomic mass is 35.5. The van der Waals surface area contributed by atoms with Gasteiger partial charge in [-0.25, -0.2) is 9.97 Å². The minimum atomic E-state index is 0.590. The Bertz CT molecular complexity index is 686. The standard InChI is InChI=1S/C13H12ClN3S/c1-2-12-16-10-5-3-4-6-11(10)17(12)8-9-7-15-13(14)18-9/h3-7H,2,8H2,1H3. The van der Waals surface area contributed by atoms with Gasteiger partial charge in [-0.15, -0.1) is 11.3 Å². The lowest BCUT2D eigenvalue weighted by molar-refractivity contribution is 0.760. The van der Waals surface area contributed by atoms with E-state index in [2.05, 4.69) is 27.5 Å². The highest BCUT2D eigenvalue weighted by Gasteiger charge is 2.10. The Morgan fingerprint density at radius 1 is 1.33 bits per heavy atom. The van der Waals surface area contributed by atoms with Gasteiger partial charge in [0.25, 0.3) is 0 Å². The Morgan fingerprint density at radius 2 is 2.17 bits per heavy atom. The smallest absolute Gasteiger partial charge is 0.183 e. The van der Waals surface area contributed by atoms with E-state index in [9.17, 15) is 0 Å². The van der Waals surface area contributed by atoms with Gasteiger partial charge in [0, 0.05) is 17.5 Å². The quantitative estimate of drug-likeness (QED) is 0.730. The maximum atomic E-state index is 5.87. The molecule has 18 heavy (non-hydrogen) atoms. The second-order valence-electron chi connectivity index (χ2n) is 4.04. The molecule has 2 aromatic heterocycles. The van der Waals surface area contributed by atoms with Crippen molar-refractivity contribution in [2.45, 2.75) is 19.9 Å². The van der Waals surface area contributed by atoms with Gasteiger partial charge in [-0.2, -0.15) is 0 Å². The molecule has 0 radical (unpaired) electrons. The second-order valence-corrected chi connectivity index (χ2v) is 5.73. The Labute approximate surface area is 114 Å². The number of thiazole rings is 1. The summed E-state index contributed by atoms with van der Waals surface area (Å²) < 4.78 is 2.83. The number of para-hydroxylation sites is 2. The van der Waals surface area contributed by atoms with E-state index in [0.717, 1.165) is 29.2 Å². The monoisotopic (exact) mass is 277 g/mol. The average molecular weight is 278 g/mol. The van der Waals surface area contributed by atoms with Crippen molar-refractivity contribution in [3.63, 3.8) is 0 Å². The normalized spacial score (nSPS) is 11.2. The third kappa shape index (κ3) is 2.02. The molecule has 0 aliphatic heterocycles. The molecule has 0 unspecified atom stereocenters. The molecule has 0 bridgehead atoms. The molecule has 1 aromatic carbocycles. The van der Waals surface area contributed by atoms with Crippen molar-refractivity contribution in [2.75, 3.05) is 0 Å². The summed E-state index contributed by atoms with van der Waals surface area (Å²) in [5, 5.41) is 0. The Hall–Kier alpha value is -1.39. The fraction of sp³-hybridized carbons (Fsp3) is 0.231. The van der Waals surface area contributed by atoms with Crippen LogP contribution in [0.1, 0.15) is 17.6 Å². The van der Waals surface area contributed by atoms with E-state index in [0.29, 0.717) is 4.47 Å². The fourth-order valence-corrected chi connectivity index (χ4v) is 3.05. The highest BCUT2D eigenvalue weighted by molar-refractivity contribution is 7.15. The number of fused-ring (bicyclic) bond motifs is 1. The summed E-state index contributed by atoms with van der Waals surface area (Å²) in [7, 11) is 0. The van der Waals surface area contributed by atoms with Crippen molar-refractivity contribution in [1.29, 1.82) is 0 Å². The van der Waals surface area contributed by atoms with Crippen LogP contribution < -0.4 is 0 Å². The van der Waals surface area contributed by atoms with Gasteiger partial charge in [0.2, 0.25) is 0 Å². The summed E-state index contributed by atoms with van der Waals surface area (Å²) in [4.78, 5) is 9.88. The van der Waals surface area contributed by atoms with E-state index < -0.39 is 0 Å². The Kier molecular flexibility index (Phi) is 3.06. The molecular weight excluding hydrogens is 266 g/mol. The van der Waals surface area contributed by atoms with Gasteiger partial charge in [-0.3, -0.25) is 0 Å². The van der Waals surface area contributed by atoms with Crippen LogP contribution in [0.15, 0.2) is 30.5 Å². The lowest BCUT2D eigenvalue weighted by Gasteiger charge is -2.05.